The number of anilines is 1. The first-order valence-corrected chi connectivity index (χ1v) is 15.5. The fourth-order valence-electron chi connectivity index (χ4n) is 4.71. The average molecular weight is 628 g/mol. The Labute approximate surface area is 261 Å². The third-order valence-electron chi connectivity index (χ3n) is 7.27. The molecule has 15 nitrogen and oxygen atoms in total. The van der Waals surface area contributed by atoms with Crippen molar-refractivity contribution in [3.63, 3.8) is 0 Å². The van der Waals surface area contributed by atoms with E-state index in [4.69, 9.17) is 5.73 Å². The highest BCUT2D eigenvalue weighted by atomic mass is 16.3. The number of H-pyrrole nitrogens is 1. The van der Waals surface area contributed by atoms with Gasteiger partial charge in [0.05, 0.1) is 66.9 Å². The van der Waals surface area contributed by atoms with E-state index in [1.54, 1.807) is 6.92 Å². The fraction of sp³-hybridized carbons (Fsp3) is 0.759. The summed E-state index contributed by atoms with van der Waals surface area (Å²) in [5, 5.41) is 31.0. The molecule has 4 amide bonds. The van der Waals surface area contributed by atoms with Crippen molar-refractivity contribution in [2.45, 2.75) is 64.1 Å². The van der Waals surface area contributed by atoms with Gasteiger partial charge in [-0.05, 0) is 26.3 Å². The van der Waals surface area contributed by atoms with Crippen LogP contribution >= 0.6 is 0 Å². The summed E-state index contributed by atoms with van der Waals surface area (Å²) in [4.78, 5) is 54.4. The van der Waals surface area contributed by atoms with Crippen LogP contribution in [0.2, 0.25) is 0 Å². The molecule has 0 fully saturated rings. The number of nitrogens with one attached hydrogen (secondary N) is 5. The minimum absolute atomic E-state index is 0.102. The van der Waals surface area contributed by atoms with E-state index < -0.39 is 24.1 Å². The molecule has 1 aromatic rings. The lowest BCUT2D eigenvalue weighted by Gasteiger charge is -2.30. The predicted octanol–water partition coefficient (Wildman–Crippen LogP) is -1.00. The second-order valence-corrected chi connectivity index (χ2v) is 12.7. The maximum Gasteiger partial charge on any atom is 0.321 e. The van der Waals surface area contributed by atoms with Gasteiger partial charge in [-0.15, -0.1) is 0 Å². The SMILES string of the molecule is Cc1cc(=O)[nH]c(NC(=O)NCCC[N+](C)(C)CCCCNC(=O)CC(O)CC(O)C(=O)NCCC[N+](C)(C)CCCN)n1. The minimum atomic E-state index is -1.38. The first kappa shape index (κ1) is 38.9. The van der Waals surface area contributed by atoms with Gasteiger partial charge in [0.25, 0.3) is 5.56 Å². The van der Waals surface area contributed by atoms with Crippen LogP contribution in [0.15, 0.2) is 10.9 Å². The number of amides is 4. The molecule has 0 bridgehead atoms. The van der Waals surface area contributed by atoms with Crippen LogP contribution in [0.4, 0.5) is 10.7 Å². The Morgan fingerprint density at radius 2 is 1.45 bits per heavy atom. The topological polar surface area (TPSA) is 212 Å². The van der Waals surface area contributed by atoms with Crippen molar-refractivity contribution in [3.05, 3.63) is 22.1 Å². The molecule has 252 valence electrons. The van der Waals surface area contributed by atoms with Gasteiger partial charge in [0.1, 0.15) is 6.10 Å². The van der Waals surface area contributed by atoms with Crippen LogP contribution in [0.25, 0.3) is 0 Å². The number of aryl methyl sites for hydroxylation is 1. The van der Waals surface area contributed by atoms with E-state index in [9.17, 15) is 29.4 Å². The van der Waals surface area contributed by atoms with Gasteiger partial charge in [0, 0.05) is 57.1 Å². The van der Waals surface area contributed by atoms with Gasteiger partial charge < -0.3 is 40.9 Å². The third-order valence-corrected chi connectivity index (χ3v) is 7.27. The fourth-order valence-corrected chi connectivity index (χ4v) is 4.71. The lowest BCUT2D eigenvalue weighted by molar-refractivity contribution is -0.890. The molecule has 2 atom stereocenters. The number of nitrogens with zero attached hydrogens (tertiary/aromatic N) is 3. The molecule has 0 aromatic carbocycles. The Hall–Kier alpha value is -3.11. The van der Waals surface area contributed by atoms with Crippen LogP contribution < -0.4 is 32.6 Å². The van der Waals surface area contributed by atoms with Gasteiger partial charge >= 0.3 is 6.03 Å². The Balaban J connectivity index is 2.15. The van der Waals surface area contributed by atoms with E-state index >= 15 is 0 Å². The molecular formula is C29H57N9O6+2. The van der Waals surface area contributed by atoms with Crippen LogP contribution in [0.5, 0.6) is 0 Å². The molecule has 1 rings (SSSR count). The third kappa shape index (κ3) is 18.5. The highest BCUT2D eigenvalue weighted by Crippen LogP contribution is 2.06. The van der Waals surface area contributed by atoms with E-state index in [0.717, 1.165) is 67.2 Å². The lowest BCUT2D eigenvalue weighted by Crippen LogP contribution is -2.44. The zero-order chi connectivity index (χ0) is 33.2. The Morgan fingerprint density at radius 3 is 2.07 bits per heavy atom. The van der Waals surface area contributed by atoms with Gasteiger partial charge in [0.2, 0.25) is 17.8 Å². The maximum absolute atomic E-state index is 12.2. The summed E-state index contributed by atoms with van der Waals surface area (Å²) in [6, 6.07) is 0.903. The molecule has 44 heavy (non-hydrogen) atoms. The van der Waals surface area contributed by atoms with E-state index in [1.807, 2.05) is 0 Å². The van der Waals surface area contributed by atoms with Gasteiger partial charge in [-0.1, -0.05) is 0 Å². The molecule has 1 heterocycles. The molecule has 0 saturated carbocycles. The Morgan fingerprint density at radius 1 is 0.886 bits per heavy atom. The van der Waals surface area contributed by atoms with Crippen LogP contribution in [0.3, 0.4) is 0 Å². The average Bonchev–Trinajstić information content (AvgIpc) is 2.91. The van der Waals surface area contributed by atoms with Gasteiger partial charge in [-0.25, -0.2) is 9.78 Å². The molecule has 0 spiro atoms. The number of nitrogens with two attached hydrogens (primary N) is 1. The van der Waals surface area contributed by atoms with Crippen LogP contribution in [-0.2, 0) is 9.59 Å². The number of hydrogen-bond acceptors (Lipinski definition) is 8. The highest BCUT2D eigenvalue weighted by molar-refractivity contribution is 5.87. The van der Waals surface area contributed by atoms with Gasteiger partial charge in [-0.3, -0.25) is 24.7 Å². The molecule has 1 aromatic heterocycles. The second-order valence-electron chi connectivity index (χ2n) is 12.7. The van der Waals surface area contributed by atoms with Crippen LogP contribution in [0.1, 0.15) is 50.6 Å². The second kappa shape index (κ2) is 20.0. The van der Waals surface area contributed by atoms with Crippen molar-refractivity contribution in [1.29, 1.82) is 0 Å². The standard InChI is InChI=1S/C29H55N9O6/c1-22-19-26(42)35-28(34-22)36-29(44)33-14-10-18-37(2,3)15-7-6-12-31-25(41)21-23(39)20-24(40)27(43)32-13-9-17-38(4,5)16-8-11-30/h19,23-24,39-40H,6-18,20-21,30H2,1-5H3,(H3-2,31,32,33,34,35,36,41,42,43,44)/p+2. The smallest absolute Gasteiger partial charge is 0.321 e. The first-order valence-electron chi connectivity index (χ1n) is 15.5. The van der Waals surface area contributed by atoms with E-state index in [2.05, 4.69) is 59.4 Å². The monoisotopic (exact) mass is 627 g/mol. The van der Waals surface area contributed by atoms with Gasteiger partial charge in [0.15, 0.2) is 0 Å². The number of aromatic nitrogens is 2. The van der Waals surface area contributed by atoms with Crippen molar-refractivity contribution >= 4 is 23.8 Å². The number of aromatic amines is 1. The molecule has 0 aliphatic rings. The molecule has 9 N–H and O–H groups in total. The summed E-state index contributed by atoms with van der Waals surface area (Å²) in [5.74, 6) is -0.773. The van der Waals surface area contributed by atoms with Gasteiger partial charge in [-0.2, -0.15) is 0 Å². The summed E-state index contributed by atoms with van der Waals surface area (Å²) in [7, 11) is 8.42. The number of carbonyl (C=O) groups is 3. The quantitative estimate of drug-likeness (QED) is 0.0588. The largest absolute Gasteiger partial charge is 0.392 e. The summed E-state index contributed by atoms with van der Waals surface area (Å²) in [6.07, 6.45) is 1.19. The zero-order valence-electron chi connectivity index (χ0n) is 27.3. The molecule has 0 radical (unpaired) electrons. The highest BCUT2D eigenvalue weighted by Gasteiger charge is 2.22. The number of aliphatic hydroxyl groups is 2. The molecule has 0 aliphatic heterocycles. The summed E-state index contributed by atoms with van der Waals surface area (Å²) < 4.78 is 1.55. The molecule has 0 aliphatic carbocycles. The minimum Gasteiger partial charge on any atom is -0.392 e. The first-order chi connectivity index (χ1) is 20.6. The normalized spacial score (nSPS) is 13.2. The lowest BCUT2D eigenvalue weighted by atomic mass is 10.1. The summed E-state index contributed by atoms with van der Waals surface area (Å²) in [6.45, 7) is 7.21. The molecule has 0 saturated heterocycles. The number of quaternary nitrogens is 2. The molecule has 2 unspecified atom stereocenters. The Bertz CT molecular complexity index is 1080. The van der Waals surface area contributed by atoms with Crippen LogP contribution in [0, 0.1) is 6.92 Å². The van der Waals surface area contributed by atoms with Crippen molar-refractivity contribution in [2.24, 2.45) is 5.73 Å². The summed E-state index contributed by atoms with van der Waals surface area (Å²) >= 11 is 0. The number of hydrogen-bond donors (Lipinski definition) is 8. The maximum atomic E-state index is 12.2. The zero-order valence-corrected chi connectivity index (χ0v) is 27.3. The summed E-state index contributed by atoms with van der Waals surface area (Å²) in [5.41, 5.74) is 5.75. The van der Waals surface area contributed by atoms with Crippen molar-refractivity contribution in [2.75, 3.05) is 85.9 Å². The number of unbranched alkanes of at least 4 members (excludes halogenated alkanes) is 1. The van der Waals surface area contributed by atoms with Crippen molar-refractivity contribution in [3.8, 4) is 0 Å². The van der Waals surface area contributed by atoms with Crippen molar-refractivity contribution in [1.82, 2.24) is 25.9 Å². The number of rotatable bonds is 22. The number of carbonyl (C=O) groups excluding carboxylic acids is 3. The molecule has 15 heteroatoms. The Kier molecular flexibility index (Phi) is 17.7. The van der Waals surface area contributed by atoms with Crippen LogP contribution in [-0.4, -0.2) is 140 Å². The van der Waals surface area contributed by atoms with Crippen molar-refractivity contribution < 1.29 is 33.6 Å². The predicted molar refractivity (Wildman–Crippen MR) is 170 cm³/mol. The van der Waals surface area contributed by atoms with E-state index in [-0.39, 0.29) is 30.3 Å². The van der Waals surface area contributed by atoms with E-state index in [1.165, 1.54) is 6.07 Å². The number of aliphatic hydroxyl groups excluding tert-OH is 2. The molecular weight excluding hydrogens is 570 g/mol. The van der Waals surface area contributed by atoms with E-state index in [0.29, 0.717) is 31.9 Å². The number of urea groups is 1.